The zero-order valence-corrected chi connectivity index (χ0v) is 15.8. The summed E-state index contributed by atoms with van der Waals surface area (Å²) in [4.78, 5) is 11.0. The first-order valence-electron chi connectivity index (χ1n) is 6.85. The lowest BCUT2D eigenvalue weighted by Crippen LogP contribution is -2.29. The number of nitro benzene ring substituents is 1. The van der Waals surface area contributed by atoms with E-state index in [-0.39, 0.29) is 23.7 Å². The van der Waals surface area contributed by atoms with Crippen molar-refractivity contribution in [2.75, 3.05) is 13.1 Å². The molecule has 11 heteroatoms. The van der Waals surface area contributed by atoms with Crippen molar-refractivity contribution < 1.29 is 13.3 Å². The van der Waals surface area contributed by atoms with E-state index in [2.05, 4.69) is 4.72 Å². The molecule has 0 radical (unpaired) electrons. The second kappa shape index (κ2) is 8.35. The van der Waals surface area contributed by atoms with Gasteiger partial charge in [-0.25, -0.2) is 13.1 Å². The lowest BCUT2D eigenvalue weighted by atomic mass is 10.3. The van der Waals surface area contributed by atoms with Gasteiger partial charge in [0.05, 0.1) is 4.92 Å². The van der Waals surface area contributed by atoms with Crippen molar-refractivity contribution in [2.45, 2.75) is 14.7 Å². The van der Waals surface area contributed by atoms with E-state index < -0.39 is 14.9 Å². The zero-order chi connectivity index (χ0) is 18.6. The number of benzene rings is 2. The van der Waals surface area contributed by atoms with Gasteiger partial charge >= 0.3 is 0 Å². The van der Waals surface area contributed by atoms with Gasteiger partial charge in [0, 0.05) is 45.1 Å². The highest BCUT2D eigenvalue weighted by atomic mass is 35.5. The highest BCUT2D eigenvalue weighted by Gasteiger charge is 2.22. The predicted molar refractivity (Wildman–Crippen MR) is 97.9 cm³/mol. The number of rotatable bonds is 7. The minimum Gasteiger partial charge on any atom is -0.329 e. The Labute approximate surface area is 158 Å². The number of hydrogen-bond acceptors (Lipinski definition) is 6. The van der Waals surface area contributed by atoms with Crippen molar-refractivity contribution in [3.63, 3.8) is 0 Å². The third-order valence-electron chi connectivity index (χ3n) is 2.93. The predicted octanol–water partition coefficient (Wildman–Crippen LogP) is 3.29. The molecule has 25 heavy (non-hydrogen) atoms. The summed E-state index contributed by atoms with van der Waals surface area (Å²) in [5.74, 6) is 0. The van der Waals surface area contributed by atoms with Crippen LogP contribution in [0.4, 0.5) is 5.69 Å². The summed E-state index contributed by atoms with van der Waals surface area (Å²) in [6, 6.07) is 8.38. The molecule has 0 heterocycles. The monoisotopic (exact) mass is 421 g/mol. The molecule has 2 aromatic carbocycles. The Hall–Kier alpha value is -1.36. The van der Waals surface area contributed by atoms with Crippen LogP contribution in [0.5, 0.6) is 0 Å². The number of nitro groups is 1. The summed E-state index contributed by atoms with van der Waals surface area (Å²) < 4.78 is 27.2. The van der Waals surface area contributed by atoms with E-state index >= 15 is 0 Å². The number of hydrogen-bond donors (Lipinski definition) is 2. The molecule has 0 saturated heterocycles. The third kappa shape index (κ3) is 5.30. The highest BCUT2D eigenvalue weighted by Crippen LogP contribution is 2.37. The number of sulfonamides is 1. The van der Waals surface area contributed by atoms with E-state index in [1.54, 1.807) is 18.2 Å². The van der Waals surface area contributed by atoms with Crippen LogP contribution in [0.25, 0.3) is 0 Å². The first kappa shape index (κ1) is 20.0. The fourth-order valence-electron chi connectivity index (χ4n) is 1.89. The van der Waals surface area contributed by atoms with Crippen LogP contribution in [0.3, 0.4) is 0 Å². The lowest BCUT2D eigenvalue weighted by molar-refractivity contribution is -0.385. The van der Waals surface area contributed by atoms with Crippen molar-refractivity contribution in [3.05, 3.63) is 56.6 Å². The molecule has 134 valence electrons. The molecule has 0 fully saturated rings. The second-order valence-electron chi connectivity index (χ2n) is 4.78. The van der Waals surface area contributed by atoms with Gasteiger partial charge in [0.15, 0.2) is 0 Å². The van der Waals surface area contributed by atoms with Gasteiger partial charge in [-0.05, 0) is 24.3 Å². The molecule has 0 aromatic heterocycles. The Morgan fingerprint density at radius 2 is 1.80 bits per heavy atom. The fraction of sp³-hybridized carbons (Fsp3) is 0.143. The Bertz CT molecular complexity index is 887. The molecule has 0 atom stereocenters. The van der Waals surface area contributed by atoms with E-state index in [1.807, 2.05) is 0 Å². The Morgan fingerprint density at radius 1 is 1.16 bits per heavy atom. The van der Waals surface area contributed by atoms with E-state index in [4.69, 9.17) is 28.9 Å². The van der Waals surface area contributed by atoms with Gasteiger partial charge in [-0.1, -0.05) is 35.0 Å². The lowest BCUT2D eigenvalue weighted by Gasteiger charge is -2.11. The number of nitrogens with one attached hydrogen (secondary N) is 1. The van der Waals surface area contributed by atoms with Gasteiger partial charge < -0.3 is 5.73 Å². The molecule has 0 aliphatic rings. The van der Waals surface area contributed by atoms with Crippen molar-refractivity contribution in [3.8, 4) is 0 Å². The minimum absolute atomic E-state index is 0.0120. The SMILES string of the molecule is NCCNS(=O)(=O)c1cc([N+](=O)[O-])ccc1Sc1cc(Cl)cc(Cl)c1. The topological polar surface area (TPSA) is 115 Å². The molecule has 0 aliphatic heterocycles. The second-order valence-corrected chi connectivity index (χ2v) is 8.51. The van der Waals surface area contributed by atoms with Crippen LogP contribution in [0.1, 0.15) is 0 Å². The molecular weight excluding hydrogens is 409 g/mol. The number of halogens is 2. The van der Waals surface area contributed by atoms with Crippen LogP contribution in [0, 0.1) is 10.1 Å². The van der Waals surface area contributed by atoms with E-state index in [0.29, 0.717) is 19.8 Å². The first-order chi connectivity index (χ1) is 11.7. The van der Waals surface area contributed by atoms with E-state index in [9.17, 15) is 18.5 Å². The van der Waals surface area contributed by atoms with E-state index in [0.717, 1.165) is 17.8 Å². The number of nitrogens with zero attached hydrogens (tertiary/aromatic N) is 1. The zero-order valence-electron chi connectivity index (χ0n) is 12.6. The summed E-state index contributed by atoms with van der Waals surface area (Å²) in [6.07, 6.45) is 0. The van der Waals surface area contributed by atoms with Crippen LogP contribution < -0.4 is 10.5 Å². The maximum absolute atomic E-state index is 12.5. The summed E-state index contributed by atoms with van der Waals surface area (Å²) in [5, 5.41) is 11.8. The standard InChI is InChI=1S/C14H13Cl2N3O4S2/c15-9-5-10(16)7-12(6-9)24-13-2-1-11(19(20)21)8-14(13)25(22,23)18-4-3-17/h1-2,5-8,18H,3-4,17H2. The van der Waals surface area contributed by atoms with Crippen molar-refractivity contribution in [1.82, 2.24) is 4.72 Å². The summed E-state index contributed by atoms with van der Waals surface area (Å²) in [7, 11) is -3.97. The van der Waals surface area contributed by atoms with Crippen LogP contribution >= 0.6 is 35.0 Å². The summed E-state index contributed by atoms with van der Waals surface area (Å²) in [6.45, 7) is 0.110. The molecule has 0 aliphatic carbocycles. The largest absolute Gasteiger partial charge is 0.329 e. The van der Waals surface area contributed by atoms with Crippen LogP contribution in [0.2, 0.25) is 10.0 Å². The van der Waals surface area contributed by atoms with Crippen LogP contribution in [0.15, 0.2) is 51.1 Å². The molecule has 0 spiro atoms. The molecule has 7 nitrogen and oxygen atoms in total. The van der Waals surface area contributed by atoms with Gasteiger partial charge in [-0.3, -0.25) is 10.1 Å². The molecule has 3 N–H and O–H groups in total. The van der Waals surface area contributed by atoms with E-state index in [1.165, 1.54) is 12.1 Å². The van der Waals surface area contributed by atoms with Crippen molar-refractivity contribution in [2.24, 2.45) is 5.73 Å². The Kier molecular flexibility index (Phi) is 6.66. The third-order valence-corrected chi connectivity index (χ3v) is 6.04. The smallest absolute Gasteiger partial charge is 0.270 e. The van der Waals surface area contributed by atoms with Crippen molar-refractivity contribution in [1.29, 1.82) is 0 Å². The fourth-order valence-corrected chi connectivity index (χ4v) is 5.07. The molecular formula is C14H13Cl2N3O4S2. The quantitative estimate of drug-likeness (QED) is 0.523. The maximum atomic E-state index is 12.5. The summed E-state index contributed by atoms with van der Waals surface area (Å²) in [5.41, 5.74) is 4.99. The average molecular weight is 422 g/mol. The molecule has 2 rings (SSSR count). The molecule has 2 aromatic rings. The van der Waals surface area contributed by atoms with Crippen molar-refractivity contribution >= 4 is 50.7 Å². The Morgan fingerprint density at radius 3 is 2.36 bits per heavy atom. The van der Waals surface area contributed by atoms with Gasteiger partial charge in [-0.2, -0.15) is 0 Å². The maximum Gasteiger partial charge on any atom is 0.270 e. The van der Waals surface area contributed by atoms with Gasteiger partial charge in [-0.15, -0.1) is 0 Å². The van der Waals surface area contributed by atoms with Gasteiger partial charge in [0.2, 0.25) is 10.0 Å². The number of non-ortho nitro benzene ring substituents is 1. The van der Waals surface area contributed by atoms with Gasteiger partial charge in [0.1, 0.15) is 4.90 Å². The molecule has 0 unspecified atom stereocenters. The summed E-state index contributed by atoms with van der Waals surface area (Å²) >= 11 is 13.0. The van der Waals surface area contributed by atoms with Crippen LogP contribution in [-0.4, -0.2) is 26.4 Å². The molecule has 0 bridgehead atoms. The first-order valence-corrected chi connectivity index (χ1v) is 9.90. The van der Waals surface area contributed by atoms with Crippen LogP contribution in [-0.2, 0) is 10.0 Å². The van der Waals surface area contributed by atoms with Gasteiger partial charge in [0.25, 0.3) is 5.69 Å². The Balaban J connectivity index is 2.51. The minimum atomic E-state index is -3.97. The number of nitrogens with two attached hydrogens (primary N) is 1. The molecule has 0 saturated carbocycles. The highest BCUT2D eigenvalue weighted by molar-refractivity contribution is 8.00. The average Bonchev–Trinajstić information content (AvgIpc) is 2.52. The normalized spacial score (nSPS) is 11.5. The molecule has 0 amide bonds.